The fraction of sp³-hybridized carbons (Fsp3) is 0.300. The molecule has 1 unspecified atom stereocenters. The number of rotatable bonds is 1. The Balaban J connectivity index is 2.20. The third-order valence-corrected chi connectivity index (χ3v) is 2.35. The zero-order chi connectivity index (χ0) is 9.26. The monoisotopic (exact) mass is 176 g/mol. The third kappa shape index (κ3) is 1.49. The molecular weight excluding hydrogens is 164 g/mol. The van der Waals surface area contributed by atoms with Crippen LogP contribution in [0.3, 0.4) is 0 Å². The van der Waals surface area contributed by atoms with Crippen molar-refractivity contribution in [2.75, 3.05) is 7.05 Å². The molecule has 68 valence electrons. The Morgan fingerprint density at radius 3 is 3.08 bits per heavy atom. The normalized spacial score (nSPS) is 22.4. The topological polar surface area (TPSA) is 36.1 Å². The van der Waals surface area contributed by atoms with Crippen LogP contribution in [-0.2, 0) is 4.79 Å². The van der Waals surface area contributed by atoms with E-state index in [-0.39, 0.29) is 11.8 Å². The van der Waals surface area contributed by atoms with Crippen LogP contribution in [0.25, 0.3) is 0 Å². The van der Waals surface area contributed by atoms with E-state index in [1.165, 1.54) is 0 Å². The maximum atomic E-state index is 11.4. The van der Waals surface area contributed by atoms with Gasteiger partial charge in [-0.1, -0.05) is 6.08 Å². The molecule has 0 fully saturated rings. The number of carbonyl (C=O) groups is 1. The first kappa shape index (κ1) is 8.10. The van der Waals surface area contributed by atoms with E-state index in [0.29, 0.717) is 6.42 Å². The van der Waals surface area contributed by atoms with Crippen LogP contribution in [0.5, 0.6) is 0 Å². The van der Waals surface area contributed by atoms with Crippen LogP contribution in [0.1, 0.15) is 18.0 Å². The van der Waals surface area contributed by atoms with E-state index in [4.69, 9.17) is 0 Å². The first-order valence-electron chi connectivity index (χ1n) is 4.34. The van der Waals surface area contributed by atoms with Gasteiger partial charge in [0.2, 0.25) is 5.91 Å². The molecule has 0 saturated carbocycles. The van der Waals surface area contributed by atoms with Crippen molar-refractivity contribution in [3.63, 3.8) is 0 Å². The van der Waals surface area contributed by atoms with Crippen molar-refractivity contribution in [3.8, 4) is 0 Å². The van der Waals surface area contributed by atoms with Crippen molar-refractivity contribution in [2.45, 2.75) is 12.3 Å². The number of allylic oxidation sites excluding steroid dienone is 1. The van der Waals surface area contributed by atoms with Crippen molar-refractivity contribution >= 4 is 5.91 Å². The minimum absolute atomic E-state index is 0.169. The SMILES string of the molecule is CN1C=CC(c2ccc[nH]2)CC1=O. The number of carbonyl (C=O) groups excluding carboxylic acids is 1. The van der Waals surface area contributed by atoms with Crippen LogP contribution >= 0.6 is 0 Å². The molecule has 0 bridgehead atoms. The number of hydrogen-bond donors (Lipinski definition) is 1. The molecule has 3 nitrogen and oxygen atoms in total. The Morgan fingerprint density at radius 2 is 2.46 bits per heavy atom. The number of aromatic amines is 1. The molecule has 0 saturated heterocycles. The van der Waals surface area contributed by atoms with E-state index in [1.807, 2.05) is 30.6 Å². The van der Waals surface area contributed by atoms with Crippen molar-refractivity contribution in [3.05, 3.63) is 36.3 Å². The molecule has 0 aliphatic carbocycles. The van der Waals surface area contributed by atoms with E-state index >= 15 is 0 Å². The molecule has 0 spiro atoms. The summed E-state index contributed by atoms with van der Waals surface area (Å²) in [5.74, 6) is 0.390. The van der Waals surface area contributed by atoms with Gasteiger partial charge in [0.25, 0.3) is 0 Å². The maximum absolute atomic E-state index is 11.4. The average molecular weight is 176 g/mol. The standard InChI is InChI=1S/C10H12N2O/c1-12-6-4-8(7-10(12)13)9-3-2-5-11-9/h2-6,8,11H,7H2,1H3. The molecule has 1 N–H and O–H groups in total. The Bertz CT molecular complexity index is 327. The summed E-state index contributed by atoms with van der Waals surface area (Å²) in [6.45, 7) is 0. The van der Waals surface area contributed by atoms with Crippen molar-refractivity contribution in [2.24, 2.45) is 0 Å². The Hall–Kier alpha value is -1.51. The average Bonchev–Trinajstić information content (AvgIpc) is 2.62. The lowest BCUT2D eigenvalue weighted by Gasteiger charge is -2.21. The molecule has 13 heavy (non-hydrogen) atoms. The van der Waals surface area contributed by atoms with Gasteiger partial charge < -0.3 is 9.88 Å². The van der Waals surface area contributed by atoms with E-state index in [1.54, 1.807) is 11.9 Å². The molecule has 2 rings (SSSR count). The van der Waals surface area contributed by atoms with Crippen LogP contribution in [0, 0.1) is 0 Å². The largest absolute Gasteiger partial charge is 0.364 e. The first-order valence-corrected chi connectivity index (χ1v) is 4.34. The number of amides is 1. The molecule has 1 aromatic rings. The summed E-state index contributed by atoms with van der Waals surface area (Å²) in [5.41, 5.74) is 1.11. The van der Waals surface area contributed by atoms with Crippen molar-refractivity contribution in [1.29, 1.82) is 0 Å². The summed E-state index contributed by atoms with van der Waals surface area (Å²) in [6.07, 6.45) is 6.32. The van der Waals surface area contributed by atoms with E-state index in [9.17, 15) is 4.79 Å². The Morgan fingerprint density at radius 1 is 1.62 bits per heavy atom. The summed E-state index contributed by atoms with van der Waals surface area (Å²) in [4.78, 5) is 16.1. The summed E-state index contributed by atoms with van der Waals surface area (Å²) >= 11 is 0. The second kappa shape index (κ2) is 3.09. The number of hydrogen-bond acceptors (Lipinski definition) is 1. The second-order valence-electron chi connectivity index (χ2n) is 3.28. The first-order chi connectivity index (χ1) is 6.27. The highest BCUT2D eigenvalue weighted by Gasteiger charge is 2.20. The summed E-state index contributed by atoms with van der Waals surface area (Å²) in [5, 5.41) is 0. The number of aromatic nitrogens is 1. The molecule has 1 aliphatic heterocycles. The zero-order valence-corrected chi connectivity index (χ0v) is 7.53. The summed E-state index contributed by atoms with van der Waals surface area (Å²) in [6, 6.07) is 3.96. The van der Waals surface area contributed by atoms with Gasteiger partial charge in [-0.15, -0.1) is 0 Å². The number of nitrogens with zero attached hydrogens (tertiary/aromatic N) is 1. The van der Waals surface area contributed by atoms with E-state index in [2.05, 4.69) is 4.98 Å². The van der Waals surface area contributed by atoms with Crippen LogP contribution < -0.4 is 0 Å². The molecule has 1 atom stereocenters. The van der Waals surface area contributed by atoms with Gasteiger partial charge in [-0.05, 0) is 12.1 Å². The van der Waals surface area contributed by atoms with Gasteiger partial charge in [0.05, 0.1) is 0 Å². The molecule has 0 radical (unpaired) electrons. The predicted octanol–water partition coefficient (Wildman–Crippen LogP) is 1.47. The lowest BCUT2D eigenvalue weighted by molar-refractivity contribution is -0.128. The van der Waals surface area contributed by atoms with Gasteiger partial charge in [0.1, 0.15) is 0 Å². The fourth-order valence-electron chi connectivity index (χ4n) is 1.50. The smallest absolute Gasteiger partial charge is 0.227 e. The van der Waals surface area contributed by atoms with Crippen molar-refractivity contribution < 1.29 is 4.79 Å². The zero-order valence-electron chi connectivity index (χ0n) is 7.53. The highest BCUT2D eigenvalue weighted by Crippen LogP contribution is 2.23. The van der Waals surface area contributed by atoms with Gasteiger partial charge in [0, 0.05) is 37.5 Å². The molecular formula is C10H12N2O. The minimum Gasteiger partial charge on any atom is -0.364 e. The minimum atomic E-state index is 0.169. The molecule has 1 aliphatic rings. The quantitative estimate of drug-likeness (QED) is 0.691. The van der Waals surface area contributed by atoms with Gasteiger partial charge in [-0.3, -0.25) is 4.79 Å². The van der Waals surface area contributed by atoms with E-state index < -0.39 is 0 Å². The number of nitrogens with one attached hydrogen (secondary N) is 1. The van der Waals surface area contributed by atoms with Gasteiger partial charge in [-0.2, -0.15) is 0 Å². The third-order valence-electron chi connectivity index (χ3n) is 2.35. The lowest BCUT2D eigenvalue weighted by atomic mass is 9.98. The Kier molecular flexibility index (Phi) is 1.93. The second-order valence-corrected chi connectivity index (χ2v) is 3.28. The molecule has 2 heterocycles. The fourth-order valence-corrected chi connectivity index (χ4v) is 1.50. The molecule has 1 amide bonds. The molecule has 0 aromatic carbocycles. The van der Waals surface area contributed by atoms with Crippen molar-refractivity contribution in [1.82, 2.24) is 9.88 Å². The van der Waals surface area contributed by atoms with Gasteiger partial charge in [0.15, 0.2) is 0 Å². The van der Waals surface area contributed by atoms with Crippen LogP contribution in [-0.4, -0.2) is 22.8 Å². The maximum Gasteiger partial charge on any atom is 0.227 e. The van der Waals surface area contributed by atoms with E-state index in [0.717, 1.165) is 5.69 Å². The predicted molar refractivity (Wildman–Crippen MR) is 50.1 cm³/mol. The van der Waals surface area contributed by atoms with Crippen LogP contribution in [0.4, 0.5) is 0 Å². The highest BCUT2D eigenvalue weighted by atomic mass is 16.2. The van der Waals surface area contributed by atoms with Crippen LogP contribution in [0.2, 0.25) is 0 Å². The van der Waals surface area contributed by atoms with Crippen LogP contribution in [0.15, 0.2) is 30.6 Å². The highest BCUT2D eigenvalue weighted by molar-refractivity contribution is 5.79. The van der Waals surface area contributed by atoms with Gasteiger partial charge >= 0.3 is 0 Å². The molecule has 1 aromatic heterocycles. The number of H-pyrrole nitrogens is 1. The summed E-state index contributed by atoms with van der Waals surface area (Å²) < 4.78 is 0. The lowest BCUT2D eigenvalue weighted by Crippen LogP contribution is -2.26. The Labute approximate surface area is 77.1 Å². The summed E-state index contributed by atoms with van der Waals surface area (Å²) in [7, 11) is 1.78. The molecule has 3 heteroatoms. The van der Waals surface area contributed by atoms with Gasteiger partial charge in [-0.25, -0.2) is 0 Å².